The van der Waals surface area contributed by atoms with Gasteiger partial charge in [0.15, 0.2) is 0 Å². The molecule has 0 amide bonds. The van der Waals surface area contributed by atoms with Crippen molar-refractivity contribution < 1.29 is 14.4 Å². The van der Waals surface area contributed by atoms with E-state index in [1.54, 1.807) is 55.6 Å². The van der Waals surface area contributed by atoms with Gasteiger partial charge in [0, 0.05) is 11.4 Å². The second-order valence-corrected chi connectivity index (χ2v) is 5.82. The Morgan fingerprint density at radius 2 is 1.59 bits per heavy atom. The third-order valence-electron chi connectivity index (χ3n) is 3.87. The Kier molecular flexibility index (Phi) is 5.93. The number of nitrogens with two attached hydrogens (primary N) is 1. The van der Waals surface area contributed by atoms with Crippen molar-refractivity contribution in [2.24, 2.45) is 0 Å². The van der Waals surface area contributed by atoms with Crippen molar-refractivity contribution in [3.05, 3.63) is 58.6 Å². The van der Waals surface area contributed by atoms with Gasteiger partial charge in [-0.2, -0.15) is 9.97 Å². The minimum atomic E-state index is -0.622. The maximum Gasteiger partial charge on any atom is 0.353 e. The number of hydrogen-bond acceptors (Lipinski definition) is 9. The fourth-order valence-corrected chi connectivity index (χ4v) is 2.54. The second kappa shape index (κ2) is 8.74. The van der Waals surface area contributed by atoms with E-state index in [1.807, 2.05) is 6.92 Å². The SMILES string of the molecule is CCOc1ccc(Nc2nc(Nc3ccc(OC)cc3)nc(N)c2[N+](=O)[O-])cc1. The van der Waals surface area contributed by atoms with Crippen LogP contribution in [-0.2, 0) is 0 Å². The van der Waals surface area contributed by atoms with Crippen molar-refractivity contribution in [3.8, 4) is 11.5 Å². The number of anilines is 5. The van der Waals surface area contributed by atoms with Gasteiger partial charge in [-0.25, -0.2) is 0 Å². The number of rotatable bonds is 8. The lowest BCUT2D eigenvalue weighted by molar-refractivity contribution is -0.383. The van der Waals surface area contributed by atoms with Crippen LogP contribution in [0.2, 0.25) is 0 Å². The maximum absolute atomic E-state index is 11.5. The van der Waals surface area contributed by atoms with Crippen LogP contribution in [0.25, 0.3) is 0 Å². The van der Waals surface area contributed by atoms with Crippen LogP contribution in [-0.4, -0.2) is 28.6 Å². The van der Waals surface area contributed by atoms with Gasteiger partial charge in [0.25, 0.3) is 0 Å². The molecule has 0 atom stereocenters. The molecule has 0 aliphatic heterocycles. The summed E-state index contributed by atoms with van der Waals surface area (Å²) in [5.41, 5.74) is 6.68. The molecule has 10 nitrogen and oxygen atoms in total. The highest BCUT2D eigenvalue weighted by Crippen LogP contribution is 2.32. The van der Waals surface area contributed by atoms with Crippen LogP contribution in [0.3, 0.4) is 0 Å². The summed E-state index contributed by atoms with van der Waals surface area (Å²) in [6, 6.07) is 14.0. The first-order valence-electron chi connectivity index (χ1n) is 8.73. The first-order valence-corrected chi connectivity index (χ1v) is 8.73. The lowest BCUT2D eigenvalue weighted by atomic mass is 10.3. The molecule has 0 aliphatic rings. The van der Waals surface area contributed by atoms with Gasteiger partial charge in [-0.15, -0.1) is 0 Å². The summed E-state index contributed by atoms with van der Waals surface area (Å²) in [6.45, 7) is 2.43. The molecule has 0 radical (unpaired) electrons. The molecule has 3 rings (SSSR count). The van der Waals surface area contributed by atoms with Crippen LogP contribution in [0.5, 0.6) is 11.5 Å². The third kappa shape index (κ3) is 4.80. The van der Waals surface area contributed by atoms with Crippen molar-refractivity contribution in [3.63, 3.8) is 0 Å². The molecule has 10 heteroatoms. The standard InChI is InChI=1S/C19H20N6O4/c1-3-29-15-10-6-12(7-11-15)21-18-16(25(26)27)17(20)23-19(24-18)22-13-4-8-14(28-2)9-5-13/h4-11H,3H2,1-2H3,(H4,20,21,22,23,24). The minimum absolute atomic E-state index is 0.0253. The maximum atomic E-state index is 11.5. The second-order valence-electron chi connectivity index (χ2n) is 5.82. The van der Waals surface area contributed by atoms with Crippen molar-refractivity contribution >= 4 is 34.6 Å². The Morgan fingerprint density at radius 3 is 2.14 bits per heavy atom. The number of nitrogen functional groups attached to an aromatic ring is 1. The Balaban J connectivity index is 1.90. The van der Waals surface area contributed by atoms with Gasteiger partial charge in [0.05, 0.1) is 18.6 Å². The minimum Gasteiger partial charge on any atom is -0.497 e. The van der Waals surface area contributed by atoms with E-state index in [0.29, 0.717) is 29.5 Å². The molecule has 1 aromatic heterocycles. The highest BCUT2D eigenvalue weighted by Gasteiger charge is 2.23. The smallest absolute Gasteiger partial charge is 0.353 e. The number of nitro groups is 1. The van der Waals surface area contributed by atoms with Gasteiger partial charge >= 0.3 is 5.69 Å². The zero-order valence-corrected chi connectivity index (χ0v) is 15.9. The van der Waals surface area contributed by atoms with Crippen LogP contribution in [0.4, 0.5) is 34.6 Å². The molecule has 2 aromatic carbocycles. The monoisotopic (exact) mass is 396 g/mol. The highest BCUT2D eigenvalue weighted by molar-refractivity contribution is 5.75. The van der Waals surface area contributed by atoms with E-state index in [4.69, 9.17) is 15.2 Å². The Bertz CT molecular complexity index is 993. The van der Waals surface area contributed by atoms with Gasteiger partial charge in [-0.1, -0.05) is 0 Å². The Morgan fingerprint density at radius 1 is 1.00 bits per heavy atom. The van der Waals surface area contributed by atoms with E-state index in [1.165, 1.54) is 0 Å². The molecule has 150 valence electrons. The number of aromatic nitrogens is 2. The summed E-state index contributed by atoms with van der Waals surface area (Å²) >= 11 is 0. The average Bonchev–Trinajstić information content (AvgIpc) is 2.70. The van der Waals surface area contributed by atoms with Gasteiger partial charge < -0.3 is 25.8 Å². The average molecular weight is 396 g/mol. The molecule has 0 unspecified atom stereocenters. The van der Waals surface area contributed by atoms with Crippen LogP contribution >= 0.6 is 0 Å². The summed E-state index contributed by atoms with van der Waals surface area (Å²) in [5, 5.41) is 17.4. The number of benzene rings is 2. The molecule has 0 saturated heterocycles. The van der Waals surface area contributed by atoms with Gasteiger partial charge in [-0.3, -0.25) is 10.1 Å². The first-order chi connectivity index (χ1) is 14.0. The van der Waals surface area contributed by atoms with Crippen LogP contribution in [0, 0.1) is 10.1 Å². The Labute approximate surface area is 166 Å². The van der Waals surface area contributed by atoms with E-state index in [0.717, 1.165) is 0 Å². The van der Waals surface area contributed by atoms with Crippen molar-refractivity contribution in [1.82, 2.24) is 9.97 Å². The molecular formula is C19H20N6O4. The first kappa shape index (κ1) is 19.7. The van der Waals surface area contributed by atoms with E-state index in [-0.39, 0.29) is 17.6 Å². The largest absolute Gasteiger partial charge is 0.497 e. The third-order valence-corrected chi connectivity index (χ3v) is 3.87. The zero-order chi connectivity index (χ0) is 20.8. The van der Waals surface area contributed by atoms with E-state index >= 15 is 0 Å². The molecule has 0 aliphatic carbocycles. The topological polar surface area (TPSA) is 137 Å². The quantitative estimate of drug-likeness (QED) is 0.383. The molecular weight excluding hydrogens is 376 g/mol. The van der Waals surface area contributed by atoms with E-state index in [9.17, 15) is 10.1 Å². The summed E-state index contributed by atoms with van der Waals surface area (Å²) in [6.07, 6.45) is 0. The molecule has 4 N–H and O–H groups in total. The van der Waals surface area contributed by atoms with E-state index in [2.05, 4.69) is 20.6 Å². The Hall–Kier alpha value is -4.08. The van der Waals surface area contributed by atoms with Crippen molar-refractivity contribution in [2.45, 2.75) is 6.92 Å². The van der Waals surface area contributed by atoms with Crippen molar-refractivity contribution in [1.29, 1.82) is 0 Å². The number of methoxy groups -OCH3 is 1. The predicted octanol–water partition coefficient (Wildman–Crippen LogP) is 3.86. The summed E-state index contributed by atoms with van der Waals surface area (Å²) < 4.78 is 10.5. The number of hydrogen-bond donors (Lipinski definition) is 3. The number of nitrogens with one attached hydrogen (secondary N) is 2. The predicted molar refractivity (Wildman–Crippen MR) is 110 cm³/mol. The van der Waals surface area contributed by atoms with Crippen LogP contribution < -0.4 is 25.8 Å². The lowest BCUT2D eigenvalue weighted by Crippen LogP contribution is -2.08. The van der Waals surface area contributed by atoms with E-state index < -0.39 is 10.6 Å². The molecule has 0 bridgehead atoms. The number of nitrogens with zero attached hydrogens (tertiary/aromatic N) is 3. The summed E-state index contributed by atoms with van der Waals surface area (Å²) in [7, 11) is 1.57. The molecule has 1 heterocycles. The molecule has 0 fully saturated rings. The highest BCUT2D eigenvalue weighted by atomic mass is 16.6. The van der Waals surface area contributed by atoms with Gasteiger partial charge in [-0.05, 0) is 55.5 Å². The lowest BCUT2D eigenvalue weighted by Gasteiger charge is -2.11. The molecule has 29 heavy (non-hydrogen) atoms. The fraction of sp³-hybridized carbons (Fsp3) is 0.158. The van der Waals surface area contributed by atoms with Crippen molar-refractivity contribution in [2.75, 3.05) is 30.1 Å². The fourth-order valence-electron chi connectivity index (χ4n) is 2.54. The summed E-state index contributed by atoms with van der Waals surface area (Å²) in [5.74, 6) is 1.22. The van der Waals surface area contributed by atoms with Gasteiger partial charge in [0.1, 0.15) is 11.5 Å². The van der Waals surface area contributed by atoms with Crippen LogP contribution in [0.1, 0.15) is 6.92 Å². The summed E-state index contributed by atoms with van der Waals surface area (Å²) in [4.78, 5) is 19.1. The normalized spacial score (nSPS) is 10.3. The molecule has 0 saturated carbocycles. The molecule has 3 aromatic rings. The number of ether oxygens (including phenoxy) is 2. The zero-order valence-electron chi connectivity index (χ0n) is 15.9. The molecule has 0 spiro atoms. The van der Waals surface area contributed by atoms with Crippen LogP contribution in [0.15, 0.2) is 48.5 Å². The van der Waals surface area contributed by atoms with Gasteiger partial charge in [0.2, 0.25) is 17.6 Å².